The number of carboxylic acid groups (broad SMARTS) is 1. The van der Waals surface area contributed by atoms with Crippen LogP contribution in [0.4, 0.5) is 24.5 Å². The number of nitrogen functional groups attached to an aromatic ring is 1. The van der Waals surface area contributed by atoms with Gasteiger partial charge in [0.05, 0.1) is 17.6 Å². The van der Waals surface area contributed by atoms with E-state index in [2.05, 4.69) is 16.2 Å². The molecule has 0 aromatic heterocycles. The van der Waals surface area contributed by atoms with Crippen molar-refractivity contribution in [1.82, 2.24) is 10.9 Å². The average molecular weight is 649 g/mol. The van der Waals surface area contributed by atoms with Crippen molar-refractivity contribution in [3.05, 3.63) is 93.5 Å². The average Bonchev–Trinajstić information content (AvgIpc) is 2.99. The fourth-order valence-corrected chi connectivity index (χ4v) is 3.53. The second kappa shape index (κ2) is 16.3. The second-order valence-corrected chi connectivity index (χ2v) is 9.42. The molecule has 0 saturated heterocycles. The summed E-state index contributed by atoms with van der Waals surface area (Å²) < 4.78 is 43.3. The number of hydrogen-bond acceptors (Lipinski definition) is 9. The minimum absolute atomic E-state index is 0.0908. The van der Waals surface area contributed by atoms with E-state index in [1.807, 2.05) is 20.8 Å². The van der Waals surface area contributed by atoms with Gasteiger partial charge in [0.2, 0.25) is 0 Å². The van der Waals surface area contributed by atoms with Crippen LogP contribution in [-0.4, -0.2) is 52.5 Å². The van der Waals surface area contributed by atoms with E-state index in [0.29, 0.717) is 34.9 Å². The number of hydrazine groups is 1. The molecule has 3 aromatic carbocycles. The van der Waals surface area contributed by atoms with Crippen molar-refractivity contribution in [3.63, 3.8) is 0 Å². The molecule has 2 amide bonds. The molecule has 3 rings (SSSR count). The number of nitrogens with one attached hydrogen (secondary N) is 4. The van der Waals surface area contributed by atoms with Crippen LogP contribution in [-0.2, 0) is 9.59 Å². The van der Waals surface area contributed by atoms with Gasteiger partial charge in [-0.1, -0.05) is 6.07 Å². The third-order valence-electron chi connectivity index (χ3n) is 5.61. The molecule has 0 heterocycles. The third-order valence-corrected chi connectivity index (χ3v) is 5.61. The van der Waals surface area contributed by atoms with E-state index in [4.69, 9.17) is 30.5 Å². The number of hydrogen-bond donors (Lipinski definition) is 6. The Morgan fingerprint density at radius 2 is 1.54 bits per heavy atom. The molecule has 0 spiro atoms. The molecule has 0 aliphatic rings. The monoisotopic (exact) mass is 648 g/mol. The van der Waals surface area contributed by atoms with Crippen molar-refractivity contribution >= 4 is 35.0 Å². The first-order valence-corrected chi connectivity index (χ1v) is 13.3. The third kappa shape index (κ3) is 11.0. The predicted molar refractivity (Wildman–Crippen MR) is 160 cm³/mol. The maximum atomic E-state index is 13.3. The van der Waals surface area contributed by atoms with Crippen LogP contribution in [0.5, 0.6) is 11.5 Å². The lowest BCUT2D eigenvalue weighted by Gasteiger charge is -2.22. The first kappa shape index (κ1) is 36.3. The fourth-order valence-electron chi connectivity index (χ4n) is 3.53. The SMILES string of the molecule is CCOc1cc(C(Nc2ccc(C(=N)N)cc2)C(=O)NNC(=O)c2ccc([N+](=O)[O-])cc2)ccc1OC(C)C.O=C(O)C(F)(F)F. The summed E-state index contributed by atoms with van der Waals surface area (Å²) in [6, 6.07) is 15.7. The Bertz CT molecular complexity index is 1550. The van der Waals surface area contributed by atoms with Crippen LogP contribution < -0.4 is 31.4 Å². The van der Waals surface area contributed by atoms with Gasteiger partial charge in [-0.05, 0) is 74.9 Å². The second-order valence-electron chi connectivity index (χ2n) is 9.42. The number of non-ortho nitro benzene ring substituents is 1. The standard InChI is InChI=1S/C27H30N6O6.C2HF3O2/c1-4-38-23-15-19(9-14-22(23)39-16(2)3)24(30-20-10-5-17(6-11-20)25(28)29)27(35)32-31-26(34)18-7-12-21(13-8-18)33(36)37;3-2(4,5)1(6)7/h5-16,24,30H,4H2,1-3H3,(H3,28,29)(H,31,34)(H,32,35);(H,6,7). The molecule has 7 N–H and O–H groups in total. The topological polar surface area (TPSA) is 219 Å². The van der Waals surface area contributed by atoms with Crippen molar-refractivity contribution in [3.8, 4) is 11.5 Å². The molecule has 0 fully saturated rings. The zero-order valence-corrected chi connectivity index (χ0v) is 24.7. The van der Waals surface area contributed by atoms with Gasteiger partial charge in [0.15, 0.2) is 11.5 Å². The van der Waals surface area contributed by atoms with Crippen molar-refractivity contribution in [2.75, 3.05) is 11.9 Å². The van der Waals surface area contributed by atoms with E-state index in [1.165, 1.54) is 24.3 Å². The maximum absolute atomic E-state index is 13.3. The smallest absolute Gasteiger partial charge is 0.490 e. The Morgan fingerprint density at radius 3 is 2.02 bits per heavy atom. The summed E-state index contributed by atoms with van der Waals surface area (Å²) in [7, 11) is 0. The molecule has 0 bridgehead atoms. The zero-order chi connectivity index (χ0) is 34.6. The number of anilines is 1. The van der Waals surface area contributed by atoms with E-state index >= 15 is 0 Å². The van der Waals surface area contributed by atoms with E-state index < -0.39 is 34.9 Å². The van der Waals surface area contributed by atoms with Gasteiger partial charge in [0.25, 0.3) is 17.5 Å². The van der Waals surface area contributed by atoms with Gasteiger partial charge >= 0.3 is 12.1 Å². The van der Waals surface area contributed by atoms with E-state index in [9.17, 15) is 32.9 Å². The molecule has 3 aromatic rings. The normalized spacial score (nSPS) is 11.3. The van der Waals surface area contributed by atoms with Crippen LogP contribution in [0.15, 0.2) is 66.7 Å². The summed E-state index contributed by atoms with van der Waals surface area (Å²) in [6.45, 7) is 5.98. The molecule has 1 unspecified atom stereocenters. The molecular weight excluding hydrogens is 617 g/mol. The molecule has 17 heteroatoms. The van der Waals surface area contributed by atoms with Crippen LogP contribution in [0.2, 0.25) is 0 Å². The van der Waals surface area contributed by atoms with Crippen molar-refractivity contribution in [2.45, 2.75) is 39.1 Å². The summed E-state index contributed by atoms with van der Waals surface area (Å²) in [6.07, 6.45) is -5.18. The number of nitrogens with zero attached hydrogens (tertiary/aromatic N) is 1. The number of nitro groups is 1. The highest BCUT2D eigenvalue weighted by atomic mass is 19.4. The van der Waals surface area contributed by atoms with Crippen LogP contribution in [0.3, 0.4) is 0 Å². The van der Waals surface area contributed by atoms with Gasteiger partial charge in [-0.25, -0.2) is 4.79 Å². The van der Waals surface area contributed by atoms with Crippen molar-refractivity contribution in [2.24, 2.45) is 5.73 Å². The molecule has 46 heavy (non-hydrogen) atoms. The van der Waals surface area contributed by atoms with Gasteiger partial charge in [0.1, 0.15) is 11.9 Å². The number of nitro benzene ring substituents is 1. The molecule has 14 nitrogen and oxygen atoms in total. The molecule has 0 radical (unpaired) electrons. The molecule has 0 aliphatic heterocycles. The van der Waals surface area contributed by atoms with E-state index in [0.717, 1.165) is 0 Å². The van der Waals surface area contributed by atoms with Gasteiger partial charge in [-0.15, -0.1) is 0 Å². The minimum atomic E-state index is -5.08. The van der Waals surface area contributed by atoms with Gasteiger partial charge in [-0.2, -0.15) is 13.2 Å². The highest BCUT2D eigenvalue weighted by Gasteiger charge is 2.38. The number of nitrogens with two attached hydrogens (primary N) is 1. The Morgan fingerprint density at radius 1 is 0.978 bits per heavy atom. The number of aliphatic carboxylic acids is 1. The summed E-state index contributed by atoms with van der Waals surface area (Å²) in [5.41, 5.74) is 11.8. The Balaban J connectivity index is 0.000000942. The molecule has 1 atom stereocenters. The van der Waals surface area contributed by atoms with Gasteiger partial charge in [0, 0.05) is 28.9 Å². The number of carbonyl (C=O) groups excluding carboxylic acids is 2. The Kier molecular flexibility index (Phi) is 12.8. The van der Waals surface area contributed by atoms with Crippen LogP contribution in [0.1, 0.15) is 48.3 Å². The predicted octanol–water partition coefficient (Wildman–Crippen LogP) is 4.31. The summed E-state index contributed by atoms with van der Waals surface area (Å²) >= 11 is 0. The fraction of sp³-hybridized carbons (Fsp3) is 0.241. The first-order valence-electron chi connectivity index (χ1n) is 13.3. The Labute approximate surface area is 260 Å². The summed E-state index contributed by atoms with van der Waals surface area (Å²) in [5.74, 6) is -3.13. The molecule has 0 aliphatic carbocycles. The van der Waals surface area contributed by atoms with Crippen LogP contribution >= 0.6 is 0 Å². The van der Waals surface area contributed by atoms with Crippen molar-refractivity contribution in [1.29, 1.82) is 5.41 Å². The largest absolute Gasteiger partial charge is 0.490 e. The zero-order valence-electron chi connectivity index (χ0n) is 24.7. The van der Waals surface area contributed by atoms with E-state index in [1.54, 1.807) is 42.5 Å². The molecular formula is C29H31F3N6O8. The van der Waals surface area contributed by atoms with E-state index in [-0.39, 0.29) is 23.2 Å². The molecule has 0 saturated carbocycles. The number of rotatable bonds is 11. The maximum Gasteiger partial charge on any atom is 0.490 e. The van der Waals surface area contributed by atoms with Gasteiger partial charge in [-0.3, -0.25) is 36.0 Å². The number of halogens is 3. The number of carbonyl (C=O) groups is 3. The highest BCUT2D eigenvalue weighted by Crippen LogP contribution is 2.33. The number of ether oxygens (including phenoxy) is 2. The lowest BCUT2D eigenvalue weighted by Crippen LogP contribution is -2.45. The number of benzene rings is 3. The minimum Gasteiger partial charge on any atom is -0.490 e. The summed E-state index contributed by atoms with van der Waals surface area (Å²) in [5, 5.41) is 28.7. The molecule has 246 valence electrons. The van der Waals surface area contributed by atoms with Crippen LogP contribution in [0, 0.1) is 15.5 Å². The number of amides is 2. The Hall–Kier alpha value is -5.87. The lowest BCUT2D eigenvalue weighted by atomic mass is 10.0. The quantitative estimate of drug-likeness (QED) is 0.0749. The summed E-state index contributed by atoms with van der Waals surface area (Å²) in [4.78, 5) is 45.1. The number of carboxylic acids is 1. The number of alkyl halides is 3. The number of amidine groups is 1. The highest BCUT2D eigenvalue weighted by molar-refractivity contribution is 5.97. The van der Waals surface area contributed by atoms with Crippen LogP contribution in [0.25, 0.3) is 0 Å². The first-order chi connectivity index (χ1) is 21.5. The lowest BCUT2D eigenvalue weighted by molar-refractivity contribution is -0.384. The van der Waals surface area contributed by atoms with Gasteiger partial charge < -0.3 is 25.6 Å². The van der Waals surface area contributed by atoms with Crippen molar-refractivity contribution < 1.29 is 47.1 Å².